The molecule has 0 aliphatic rings. The van der Waals surface area contributed by atoms with Gasteiger partial charge in [0.1, 0.15) is 5.82 Å². The van der Waals surface area contributed by atoms with Gasteiger partial charge < -0.3 is 9.84 Å². The van der Waals surface area contributed by atoms with Gasteiger partial charge >= 0.3 is 6.16 Å². The Bertz CT molecular complexity index is 1000. The fraction of sp³-hybridized carbons (Fsp3) is 0.391. The Morgan fingerprint density at radius 3 is 2.53 bits per heavy atom. The first kappa shape index (κ1) is 21.5. The summed E-state index contributed by atoms with van der Waals surface area (Å²) in [5.74, 6) is 2.08. The highest BCUT2D eigenvalue weighted by Crippen LogP contribution is 2.29. The minimum atomic E-state index is -1.36. The molecule has 0 aliphatic heterocycles. The quantitative estimate of drug-likeness (QED) is 0.548. The zero-order chi connectivity index (χ0) is 21.7. The average Bonchev–Trinajstić information content (AvgIpc) is 3.10. The van der Waals surface area contributed by atoms with E-state index in [4.69, 9.17) is 19.9 Å². The molecule has 0 bridgehead atoms. The van der Waals surface area contributed by atoms with E-state index in [-0.39, 0.29) is 11.2 Å². The molecule has 7 heteroatoms. The topological polar surface area (TPSA) is 90.1 Å². The molecule has 0 saturated heterocycles. The van der Waals surface area contributed by atoms with Crippen molar-refractivity contribution in [1.82, 2.24) is 19.7 Å². The van der Waals surface area contributed by atoms with Crippen molar-refractivity contribution < 1.29 is 14.6 Å². The van der Waals surface area contributed by atoms with Gasteiger partial charge in [-0.3, -0.25) is 4.98 Å². The summed E-state index contributed by atoms with van der Waals surface area (Å²) in [6.45, 7) is 9.17. The zero-order valence-electron chi connectivity index (χ0n) is 17.9. The summed E-state index contributed by atoms with van der Waals surface area (Å²) in [7, 11) is 0. The van der Waals surface area contributed by atoms with Gasteiger partial charge in [-0.25, -0.2) is 14.5 Å². The van der Waals surface area contributed by atoms with Gasteiger partial charge in [-0.15, -0.1) is 0 Å². The summed E-state index contributed by atoms with van der Waals surface area (Å²) < 4.78 is 6.84. The van der Waals surface area contributed by atoms with Crippen LogP contribution in [0.25, 0.3) is 11.1 Å². The fourth-order valence-corrected chi connectivity index (χ4v) is 3.10. The van der Waals surface area contributed by atoms with E-state index in [1.54, 1.807) is 12.3 Å². The molecule has 3 rings (SSSR count). The van der Waals surface area contributed by atoms with E-state index >= 15 is 0 Å². The molecular formula is C23H28N4O3. The number of aromatic nitrogens is 4. The lowest BCUT2D eigenvalue weighted by molar-refractivity contribution is 0.144. The van der Waals surface area contributed by atoms with Crippen molar-refractivity contribution in [1.29, 1.82) is 0 Å². The smallest absolute Gasteiger partial charge is 0.449 e. The van der Waals surface area contributed by atoms with Gasteiger partial charge in [0, 0.05) is 23.6 Å². The molecule has 2 aromatic heterocycles. The van der Waals surface area contributed by atoms with Crippen molar-refractivity contribution in [2.24, 2.45) is 0 Å². The van der Waals surface area contributed by atoms with Crippen LogP contribution in [0.15, 0.2) is 42.7 Å². The number of carbonyl (C=O) groups is 1. The summed E-state index contributed by atoms with van der Waals surface area (Å²) in [5, 5.41) is 13.7. The van der Waals surface area contributed by atoms with E-state index in [0.717, 1.165) is 42.0 Å². The highest BCUT2D eigenvalue weighted by atomic mass is 16.7. The number of ether oxygens (including phenoxy) is 1. The molecule has 3 aromatic rings. The molecule has 1 N–H and O–H groups in total. The first-order valence-corrected chi connectivity index (χ1v) is 10.2. The average molecular weight is 409 g/mol. The maximum atomic E-state index is 10.9. The lowest BCUT2D eigenvalue weighted by Gasteiger charge is -2.12. The fourth-order valence-electron chi connectivity index (χ4n) is 3.10. The van der Waals surface area contributed by atoms with Gasteiger partial charge in [0.2, 0.25) is 0 Å². The molecule has 158 valence electrons. The highest BCUT2D eigenvalue weighted by molar-refractivity contribution is 5.73. The number of carboxylic acid groups (broad SMARTS) is 1. The van der Waals surface area contributed by atoms with Gasteiger partial charge in [0.15, 0.2) is 11.6 Å². The molecule has 0 atom stereocenters. The number of unbranched alkanes of at least 4 members (excludes halogenated alkanes) is 1. The summed E-state index contributed by atoms with van der Waals surface area (Å²) >= 11 is 0. The first-order chi connectivity index (χ1) is 14.3. The second-order valence-electron chi connectivity index (χ2n) is 8.30. The van der Waals surface area contributed by atoms with Gasteiger partial charge in [0.05, 0.1) is 12.7 Å². The number of nitrogens with zero attached hydrogens (tertiary/aromatic N) is 4. The Hall–Kier alpha value is -3.22. The van der Waals surface area contributed by atoms with Crippen LogP contribution >= 0.6 is 0 Å². The molecule has 1 aromatic carbocycles. The lowest BCUT2D eigenvalue weighted by Crippen LogP contribution is -2.14. The molecule has 2 heterocycles. The van der Waals surface area contributed by atoms with Crippen LogP contribution in [0.3, 0.4) is 0 Å². The predicted octanol–water partition coefficient (Wildman–Crippen LogP) is 5.09. The molecule has 0 saturated carbocycles. The van der Waals surface area contributed by atoms with E-state index < -0.39 is 6.16 Å². The van der Waals surface area contributed by atoms with Crippen molar-refractivity contribution >= 4 is 6.16 Å². The molecule has 0 fully saturated rings. The molecule has 0 aliphatic carbocycles. The molecule has 0 amide bonds. The third kappa shape index (κ3) is 5.23. The number of rotatable bonds is 7. The number of aryl methyl sites for hydroxylation is 1. The van der Waals surface area contributed by atoms with E-state index in [0.29, 0.717) is 12.1 Å². The van der Waals surface area contributed by atoms with Crippen LogP contribution in [0.1, 0.15) is 57.7 Å². The predicted molar refractivity (Wildman–Crippen MR) is 115 cm³/mol. The third-order valence-electron chi connectivity index (χ3n) is 4.75. The normalized spacial score (nSPS) is 11.5. The molecule has 0 spiro atoms. The van der Waals surface area contributed by atoms with Crippen LogP contribution in [-0.4, -0.2) is 31.0 Å². The Balaban J connectivity index is 1.85. The van der Waals surface area contributed by atoms with Gasteiger partial charge in [0.25, 0.3) is 0 Å². The minimum Gasteiger partial charge on any atom is -0.449 e. The number of hydrogen-bond acceptors (Lipinski definition) is 5. The van der Waals surface area contributed by atoms with Gasteiger partial charge in [-0.05, 0) is 23.6 Å². The minimum absolute atomic E-state index is 0.0992. The zero-order valence-corrected chi connectivity index (χ0v) is 17.9. The largest absolute Gasteiger partial charge is 0.511 e. The summed E-state index contributed by atoms with van der Waals surface area (Å²) in [6.07, 6.45) is 4.75. The SMILES string of the molecule is CCCCc1nc(C(C)(C)C)nn1Cc1ccc(-c2ccncc2OC(=O)O)cc1. The molecule has 7 nitrogen and oxygen atoms in total. The van der Waals surface area contributed by atoms with Crippen molar-refractivity contribution in [3.63, 3.8) is 0 Å². The van der Waals surface area contributed by atoms with Crippen LogP contribution in [-0.2, 0) is 18.4 Å². The van der Waals surface area contributed by atoms with E-state index in [9.17, 15) is 4.79 Å². The Morgan fingerprint density at radius 2 is 1.90 bits per heavy atom. The second-order valence-corrected chi connectivity index (χ2v) is 8.30. The van der Waals surface area contributed by atoms with Crippen molar-refractivity contribution in [3.05, 3.63) is 59.9 Å². The molecule has 0 radical (unpaired) electrons. The monoisotopic (exact) mass is 408 g/mol. The summed E-state index contributed by atoms with van der Waals surface area (Å²) in [5.41, 5.74) is 2.53. The van der Waals surface area contributed by atoms with E-state index in [1.807, 2.05) is 28.9 Å². The molecule has 0 unspecified atom stereocenters. The van der Waals surface area contributed by atoms with Crippen molar-refractivity contribution in [3.8, 4) is 16.9 Å². The maximum absolute atomic E-state index is 10.9. The van der Waals surface area contributed by atoms with Crippen LogP contribution < -0.4 is 4.74 Å². The third-order valence-corrected chi connectivity index (χ3v) is 4.75. The van der Waals surface area contributed by atoms with Crippen LogP contribution in [0.5, 0.6) is 5.75 Å². The summed E-state index contributed by atoms with van der Waals surface area (Å²) in [6, 6.07) is 9.67. The molecule has 30 heavy (non-hydrogen) atoms. The van der Waals surface area contributed by atoms with Crippen LogP contribution in [0.2, 0.25) is 0 Å². The standard InChI is InChI=1S/C23H28N4O3/c1-5-6-7-20-25-21(23(2,3)4)26-27(20)15-16-8-10-17(11-9-16)18-12-13-24-14-19(18)30-22(28)29/h8-14H,5-7,15H2,1-4H3,(H,28,29). The molecular weight excluding hydrogens is 380 g/mol. The lowest BCUT2D eigenvalue weighted by atomic mass is 9.96. The maximum Gasteiger partial charge on any atom is 0.511 e. The summed E-state index contributed by atoms with van der Waals surface area (Å²) in [4.78, 5) is 19.7. The van der Waals surface area contributed by atoms with Crippen LogP contribution in [0.4, 0.5) is 4.79 Å². The Labute approximate surface area is 176 Å². The van der Waals surface area contributed by atoms with Gasteiger partial charge in [-0.1, -0.05) is 58.4 Å². The van der Waals surface area contributed by atoms with Crippen LogP contribution in [0, 0.1) is 0 Å². The number of hydrogen-bond donors (Lipinski definition) is 1. The Kier molecular flexibility index (Phi) is 6.50. The second kappa shape index (κ2) is 9.07. The number of pyridine rings is 1. The van der Waals surface area contributed by atoms with Gasteiger partial charge in [-0.2, -0.15) is 5.10 Å². The van der Waals surface area contributed by atoms with E-state index in [2.05, 4.69) is 32.7 Å². The first-order valence-electron chi connectivity index (χ1n) is 10.2. The van der Waals surface area contributed by atoms with E-state index in [1.165, 1.54) is 6.20 Å². The number of benzene rings is 1. The highest BCUT2D eigenvalue weighted by Gasteiger charge is 2.21. The van der Waals surface area contributed by atoms with Crippen molar-refractivity contribution in [2.45, 2.75) is 58.9 Å². The Morgan fingerprint density at radius 1 is 1.17 bits per heavy atom. The van der Waals surface area contributed by atoms with Crippen molar-refractivity contribution in [2.75, 3.05) is 0 Å².